The first-order valence-electron chi connectivity index (χ1n) is 10.2. The average Bonchev–Trinajstić information content (AvgIpc) is 2.84. The van der Waals surface area contributed by atoms with Crippen molar-refractivity contribution in [3.05, 3.63) is 119 Å². The summed E-state index contributed by atoms with van der Waals surface area (Å²) in [6.45, 7) is 0.637. The number of fused-ring (bicyclic) bond motifs is 1. The van der Waals surface area contributed by atoms with E-state index in [0.717, 1.165) is 26.7 Å². The molecule has 4 rings (SSSR count). The molecule has 0 fully saturated rings. The van der Waals surface area contributed by atoms with Crippen LogP contribution in [0.2, 0.25) is 0 Å². The Labute approximate surface area is 197 Å². The topological polar surface area (TPSA) is 9.23 Å². The lowest BCUT2D eigenvalue weighted by Crippen LogP contribution is -2.06. The highest BCUT2D eigenvalue weighted by Crippen LogP contribution is 2.22. The summed E-state index contributed by atoms with van der Waals surface area (Å²) < 4.78 is 7.04. The normalized spacial score (nSPS) is 11.1. The number of ether oxygens (including phenoxy) is 1. The molecule has 0 radical (unpaired) electrons. The molecule has 0 aliphatic carbocycles. The van der Waals surface area contributed by atoms with Crippen LogP contribution in [0.4, 0.5) is 0 Å². The van der Waals surface area contributed by atoms with Gasteiger partial charge in [-0.3, -0.25) is 0 Å². The SMILES string of the molecule is ICCOC(C#Cc1ccc2ccccc2c1)c1ccccc1C#Cc1ccccc1. The summed E-state index contributed by atoms with van der Waals surface area (Å²) in [4.78, 5) is 0. The van der Waals surface area contributed by atoms with Crippen molar-refractivity contribution >= 4 is 33.4 Å². The molecule has 1 atom stereocenters. The molecule has 0 aromatic heterocycles. The van der Waals surface area contributed by atoms with E-state index in [0.29, 0.717) is 6.61 Å². The van der Waals surface area contributed by atoms with Gasteiger partial charge >= 0.3 is 0 Å². The molecule has 0 saturated carbocycles. The van der Waals surface area contributed by atoms with Crippen LogP contribution in [0.3, 0.4) is 0 Å². The fourth-order valence-electron chi connectivity index (χ4n) is 3.29. The lowest BCUT2D eigenvalue weighted by molar-refractivity contribution is 0.107. The van der Waals surface area contributed by atoms with Crippen LogP contribution in [0.15, 0.2) is 97.1 Å². The summed E-state index contributed by atoms with van der Waals surface area (Å²) in [7, 11) is 0. The van der Waals surface area contributed by atoms with Gasteiger partial charge in [0.15, 0.2) is 0 Å². The molecule has 0 bridgehead atoms. The lowest BCUT2D eigenvalue weighted by Gasteiger charge is -2.14. The van der Waals surface area contributed by atoms with Crippen LogP contribution >= 0.6 is 22.6 Å². The number of halogens is 1. The Hall–Kier alpha value is -3.05. The zero-order valence-corrected chi connectivity index (χ0v) is 19.2. The Morgan fingerprint density at radius 2 is 1.42 bits per heavy atom. The van der Waals surface area contributed by atoms with E-state index in [1.54, 1.807) is 0 Å². The minimum absolute atomic E-state index is 0.331. The second-order valence-corrected chi connectivity index (χ2v) is 8.05. The van der Waals surface area contributed by atoms with Crippen molar-refractivity contribution in [2.45, 2.75) is 6.10 Å². The first-order chi connectivity index (χ1) is 15.3. The molecule has 4 aromatic rings. The Bertz CT molecular complexity index is 1290. The third-order valence-corrected chi connectivity index (χ3v) is 5.26. The monoisotopic (exact) mass is 512 g/mol. The average molecular weight is 512 g/mol. The molecule has 0 spiro atoms. The van der Waals surface area contributed by atoms with Crippen molar-refractivity contribution in [1.82, 2.24) is 0 Å². The minimum Gasteiger partial charge on any atom is -0.360 e. The van der Waals surface area contributed by atoms with E-state index in [1.165, 1.54) is 10.8 Å². The van der Waals surface area contributed by atoms with Gasteiger partial charge in [-0.15, -0.1) is 0 Å². The van der Waals surface area contributed by atoms with Crippen molar-refractivity contribution < 1.29 is 4.74 Å². The summed E-state index contributed by atoms with van der Waals surface area (Å²) >= 11 is 2.32. The number of alkyl halides is 1. The predicted molar refractivity (Wildman–Crippen MR) is 137 cm³/mol. The summed E-state index contributed by atoms with van der Waals surface area (Å²) in [6, 6.07) is 32.7. The van der Waals surface area contributed by atoms with E-state index in [1.807, 2.05) is 54.6 Å². The molecular formula is C29H21IO. The van der Waals surface area contributed by atoms with E-state index in [9.17, 15) is 0 Å². The van der Waals surface area contributed by atoms with Gasteiger partial charge < -0.3 is 4.74 Å². The van der Waals surface area contributed by atoms with Crippen molar-refractivity contribution in [2.75, 3.05) is 11.0 Å². The van der Waals surface area contributed by atoms with Crippen LogP contribution in [-0.4, -0.2) is 11.0 Å². The van der Waals surface area contributed by atoms with Gasteiger partial charge in [0.25, 0.3) is 0 Å². The molecule has 0 amide bonds. The molecule has 0 saturated heterocycles. The number of rotatable bonds is 4. The molecule has 1 unspecified atom stereocenters. The van der Waals surface area contributed by atoms with E-state index in [-0.39, 0.29) is 6.10 Å². The third kappa shape index (κ3) is 5.76. The van der Waals surface area contributed by atoms with Gasteiger partial charge in [-0.1, -0.05) is 113 Å². The molecule has 150 valence electrons. The van der Waals surface area contributed by atoms with Gasteiger partial charge in [0.2, 0.25) is 0 Å². The summed E-state index contributed by atoms with van der Waals surface area (Å²) in [5.74, 6) is 13.2. The van der Waals surface area contributed by atoms with Gasteiger partial charge in [0.1, 0.15) is 6.10 Å². The largest absolute Gasteiger partial charge is 0.360 e. The van der Waals surface area contributed by atoms with Crippen molar-refractivity contribution in [2.24, 2.45) is 0 Å². The molecule has 4 aromatic carbocycles. The molecule has 0 heterocycles. The fraction of sp³-hybridized carbons (Fsp3) is 0.103. The van der Waals surface area contributed by atoms with Crippen molar-refractivity contribution in [3.8, 4) is 23.7 Å². The highest BCUT2D eigenvalue weighted by Gasteiger charge is 2.12. The zero-order chi connectivity index (χ0) is 21.3. The fourth-order valence-corrected chi connectivity index (χ4v) is 3.54. The molecule has 0 aliphatic rings. The second kappa shape index (κ2) is 10.8. The highest BCUT2D eigenvalue weighted by molar-refractivity contribution is 14.1. The van der Waals surface area contributed by atoms with Crippen LogP contribution in [0.1, 0.15) is 28.4 Å². The molecule has 2 heteroatoms. The van der Waals surface area contributed by atoms with E-state index >= 15 is 0 Å². The van der Waals surface area contributed by atoms with Gasteiger partial charge in [-0.05, 0) is 41.1 Å². The Morgan fingerprint density at radius 1 is 0.677 bits per heavy atom. The molecule has 1 nitrogen and oxygen atoms in total. The quantitative estimate of drug-likeness (QED) is 0.166. The predicted octanol–water partition coefficient (Wildman–Crippen LogP) is 6.78. The van der Waals surface area contributed by atoms with Crippen LogP contribution < -0.4 is 0 Å². The summed E-state index contributed by atoms with van der Waals surface area (Å²) in [6.07, 6.45) is -0.331. The van der Waals surface area contributed by atoms with Crippen molar-refractivity contribution in [3.63, 3.8) is 0 Å². The van der Waals surface area contributed by atoms with E-state index < -0.39 is 0 Å². The number of hydrogen-bond donors (Lipinski definition) is 0. The van der Waals surface area contributed by atoms with E-state index in [4.69, 9.17) is 4.74 Å². The van der Waals surface area contributed by atoms with Crippen LogP contribution in [0.25, 0.3) is 10.8 Å². The first-order valence-corrected chi connectivity index (χ1v) is 11.7. The highest BCUT2D eigenvalue weighted by atomic mass is 127. The van der Waals surface area contributed by atoms with Crippen LogP contribution in [0, 0.1) is 23.7 Å². The van der Waals surface area contributed by atoms with Gasteiger partial charge in [0.05, 0.1) is 6.61 Å². The number of hydrogen-bond acceptors (Lipinski definition) is 1. The maximum atomic E-state index is 6.13. The van der Waals surface area contributed by atoms with Crippen LogP contribution in [-0.2, 0) is 4.74 Å². The standard InChI is InChI=1S/C29H21IO/c30-20-21-31-29(19-16-24-15-17-25-10-4-5-12-27(25)22-24)28-13-7-6-11-26(28)18-14-23-8-2-1-3-9-23/h1-13,15,17,22,29H,20-21H2. The third-order valence-electron chi connectivity index (χ3n) is 4.82. The molecule has 0 aliphatic heterocycles. The van der Waals surface area contributed by atoms with Gasteiger partial charge in [-0.25, -0.2) is 0 Å². The maximum absolute atomic E-state index is 6.13. The Kier molecular flexibility index (Phi) is 7.40. The molecular weight excluding hydrogens is 491 g/mol. The Morgan fingerprint density at radius 3 is 2.26 bits per heavy atom. The van der Waals surface area contributed by atoms with Crippen LogP contribution in [0.5, 0.6) is 0 Å². The van der Waals surface area contributed by atoms with E-state index in [2.05, 4.69) is 88.7 Å². The smallest absolute Gasteiger partial charge is 0.145 e. The van der Waals surface area contributed by atoms with Gasteiger partial charge in [-0.2, -0.15) is 0 Å². The minimum atomic E-state index is -0.331. The molecule has 0 N–H and O–H groups in total. The Balaban J connectivity index is 1.67. The van der Waals surface area contributed by atoms with Gasteiger partial charge in [0, 0.05) is 26.7 Å². The summed E-state index contributed by atoms with van der Waals surface area (Å²) in [5, 5.41) is 2.40. The molecule has 31 heavy (non-hydrogen) atoms. The first kappa shape index (κ1) is 21.2. The second-order valence-electron chi connectivity index (χ2n) is 6.97. The number of benzene rings is 4. The maximum Gasteiger partial charge on any atom is 0.145 e. The zero-order valence-electron chi connectivity index (χ0n) is 17.0. The summed E-state index contributed by atoms with van der Waals surface area (Å²) in [5.41, 5.74) is 3.92. The van der Waals surface area contributed by atoms with Crippen molar-refractivity contribution in [1.29, 1.82) is 0 Å². The lowest BCUT2D eigenvalue weighted by atomic mass is 10.0.